The fraction of sp³-hybridized carbons (Fsp3) is 0.913. The summed E-state index contributed by atoms with van der Waals surface area (Å²) in [4.78, 5) is 25.6. The van der Waals surface area contributed by atoms with Crippen molar-refractivity contribution in [3.8, 4) is 0 Å². The Balaban J connectivity index is 4.52. The molecule has 0 aliphatic rings. The van der Waals surface area contributed by atoms with Crippen molar-refractivity contribution in [1.29, 1.82) is 0 Å². The lowest BCUT2D eigenvalue weighted by Gasteiger charge is -2.42. The fourth-order valence-corrected chi connectivity index (χ4v) is 13.5. The van der Waals surface area contributed by atoms with E-state index in [9.17, 15) is 9.59 Å². The molecule has 0 aromatic heterocycles. The molecule has 0 aromatic rings. The Hall–Kier alpha value is -1.14. The highest BCUT2D eigenvalue weighted by atomic mass is 28.4. The van der Waals surface area contributed by atoms with Crippen molar-refractivity contribution >= 4 is 20.3 Å². The first-order valence-corrected chi connectivity index (χ1v) is 24.9. The minimum absolute atomic E-state index is 0.0775. The predicted octanol–water partition coefficient (Wildman–Crippen LogP) is 15.2. The van der Waals surface area contributed by atoms with Gasteiger partial charge in [-0.2, -0.15) is 0 Å². The van der Waals surface area contributed by atoms with Crippen LogP contribution in [-0.4, -0.2) is 39.6 Å². The quantitative estimate of drug-likeness (QED) is 0.0272. The number of hydrogen-bond donors (Lipinski definition) is 0. The maximum Gasteiger partial charge on any atom is 0.306 e. The second kappa shape index (κ2) is 35.6. The Morgan fingerprint density at radius 2 is 0.808 bits per heavy atom. The van der Waals surface area contributed by atoms with Gasteiger partial charge in [-0.15, -0.1) is 0 Å². The summed E-state index contributed by atoms with van der Waals surface area (Å²) in [5.74, 6) is -0.397. The number of carbonyl (C=O) groups excluding carboxylic acids is 2. The van der Waals surface area contributed by atoms with Gasteiger partial charge in [0.05, 0.1) is 6.61 Å². The van der Waals surface area contributed by atoms with E-state index < -0.39 is 14.4 Å². The van der Waals surface area contributed by atoms with E-state index in [-0.39, 0.29) is 18.5 Å². The van der Waals surface area contributed by atoms with Gasteiger partial charge in [-0.3, -0.25) is 9.59 Å². The molecule has 0 unspecified atom stereocenters. The van der Waals surface area contributed by atoms with Crippen molar-refractivity contribution in [2.75, 3.05) is 13.2 Å². The minimum atomic E-state index is -2.15. The second-order valence-corrected chi connectivity index (χ2v) is 22.2. The lowest BCUT2D eigenvalue weighted by molar-refractivity contribution is -0.161. The standard InChI is InChI=1S/C46H90O5Si/c1-9-11-13-15-17-19-21-23-24-26-28-30-32-34-36-38-46(48)51-44(40-50-52(41(3)4,42(5)6)43(7)8)39-49-45(47)37-35-33-31-29-27-25-22-20-18-16-14-12-10-2/h23-24,41-44H,9-22,25-40H2,1-8H3/b24-23-/t44-/m0/s1. The fourth-order valence-electron chi connectivity index (χ4n) is 7.98. The normalized spacial score (nSPS) is 12.8. The topological polar surface area (TPSA) is 61.8 Å². The highest BCUT2D eigenvalue weighted by Gasteiger charge is 2.45. The van der Waals surface area contributed by atoms with Crippen molar-refractivity contribution < 1.29 is 23.5 Å². The van der Waals surface area contributed by atoms with Crippen LogP contribution in [0.3, 0.4) is 0 Å². The number of unbranched alkanes of at least 4 members (excludes halogenated alkanes) is 23. The molecule has 0 fully saturated rings. The third-order valence-corrected chi connectivity index (χ3v) is 17.2. The molecule has 0 heterocycles. The molecule has 0 spiro atoms. The molecular weight excluding hydrogens is 661 g/mol. The summed E-state index contributed by atoms with van der Waals surface area (Å²) < 4.78 is 18.4. The van der Waals surface area contributed by atoms with E-state index in [0.717, 1.165) is 38.5 Å². The molecule has 0 N–H and O–H groups in total. The average molecular weight is 751 g/mol. The predicted molar refractivity (Wildman–Crippen MR) is 228 cm³/mol. The van der Waals surface area contributed by atoms with Gasteiger partial charge in [-0.05, 0) is 55.1 Å². The van der Waals surface area contributed by atoms with E-state index in [4.69, 9.17) is 13.9 Å². The number of rotatable bonds is 38. The molecule has 0 amide bonds. The van der Waals surface area contributed by atoms with Crippen LogP contribution in [0.5, 0.6) is 0 Å². The smallest absolute Gasteiger partial charge is 0.306 e. The molecule has 0 radical (unpaired) electrons. The summed E-state index contributed by atoms with van der Waals surface area (Å²) in [6.45, 7) is 18.5. The third-order valence-electron chi connectivity index (χ3n) is 11.1. The van der Waals surface area contributed by atoms with Crippen LogP contribution in [0.1, 0.15) is 235 Å². The van der Waals surface area contributed by atoms with E-state index in [0.29, 0.717) is 36.1 Å². The van der Waals surface area contributed by atoms with Crippen molar-refractivity contribution in [1.82, 2.24) is 0 Å². The zero-order valence-electron chi connectivity index (χ0n) is 36.2. The van der Waals surface area contributed by atoms with Crippen LogP contribution in [-0.2, 0) is 23.5 Å². The van der Waals surface area contributed by atoms with Gasteiger partial charge < -0.3 is 13.9 Å². The summed E-state index contributed by atoms with van der Waals surface area (Å²) >= 11 is 0. The van der Waals surface area contributed by atoms with Crippen LogP contribution in [0.25, 0.3) is 0 Å². The maximum atomic E-state index is 13.0. The zero-order valence-corrected chi connectivity index (χ0v) is 37.2. The Morgan fingerprint density at radius 3 is 1.19 bits per heavy atom. The van der Waals surface area contributed by atoms with E-state index in [1.165, 1.54) is 128 Å². The second-order valence-electron chi connectivity index (χ2n) is 16.8. The molecule has 0 aromatic carbocycles. The Morgan fingerprint density at radius 1 is 0.462 bits per heavy atom. The number of esters is 2. The van der Waals surface area contributed by atoms with Gasteiger partial charge in [0.15, 0.2) is 6.10 Å². The molecule has 6 heteroatoms. The SMILES string of the molecule is CCCCCCCC/C=C\CCCCCCCC(=O)O[C@@H](COC(=O)CCCCCCCCCCCCCCC)CO[Si](C(C)C)(C(C)C)C(C)C. The first kappa shape index (κ1) is 50.9. The summed E-state index contributed by atoms with van der Waals surface area (Å²) in [6, 6.07) is 0. The highest BCUT2D eigenvalue weighted by molar-refractivity contribution is 6.77. The van der Waals surface area contributed by atoms with Crippen LogP contribution in [0.4, 0.5) is 0 Å². The van der Waals surface area contributed by atoms with Gasteiger partial charge in [-0.25, -0.2) is 0 Å². The lowest BCUT2D eigenvalue weighted by Crippen LogP contribution is -2.49. The monoisotopic (exact) mass is 751 g/mol. The summed E-state index contributed by atoms with van der Waals surface area (Å²) in [5.41, 5.74) is 1.29. The summed E-state index contributed by atoms with van der Waals surface area (Å²) in [6.07, 6.45) is 37.6. The number of ether oxygens (including phenoxy) is 2. The zero-order chi connectivity index (χ0) is 38.7. The van der Waals surface area contributed by atoms with Crippen molar-refractivity contribution in [3.05, 3.63) is 12.2 Å². The molecular formula is C46H90O5Si. The molecule has 5 nitrogen and oxygen atoms in total. The molecule has 0 bridgehead atoms. The van der Waals surface area contributed by atoms with Gasteiger partial charge in [0.25, 0.3) is 0 Å². The number of hydrogen-bond acceptors (Lipinski definition) is 5. The van der Waals surface area contributed by atoms with Gasteiger partial charge in [0, 0.05) is 12.8 Å². The van der Waals surface area contributed by atoms with Crippen LogP contribution in [0.15, 0.2) is 12.2 Å². The van der Waals surface area contributed by atoms with Gasteiger partial charge in [0.2, 0.25) is 8.32 Å². The largest absolute Gasteiger partial charge is 0.462 e. The highest BCUT2D eigenvalue weighted by Crippen LogP contribution is 2.42. The third kappa shape index (κ3) is 27.4. The summed E-state index contributed by atoms with van der Waals surface area (Å²) in [7, 11) is -2.15. The van der Waals surface area contributed by atoms with Crippen molar-refractivity contribution in [2.45, 2.75) is 258 Å². The average Bonchev–Trinajstić information content (AvgIpc) is 3.10. The molecule has 0 aliphatic carbocycles. The van der Waals surface area contributed by atoms with Crippen LogP contribution in [0.2, 0.25) is 16.6 Å². The molecule has 0 aliphatic heterocycles. The Bertz CT molecular complexity index is 817. The Labute approximate surface area is 326 Å². The van der Waals surface area contributed by atoms with E-state index >= 15 is 0 Å². The van der Waals surface area contributed by atoms with Crippen molar-refractivity contribution in [2.24, 2.45) is 0 Å². The molecule has 308 valence electrons. The molecule has 0 saturated heterocycles. The van der Waals surface area contributed by atoms with Gasteiger partial charge >= 0.3 is 11.9 Å². The van der Waals surface area contributed by atoms with E-state index in [2.05, 4.69) is 67.5 Å². The summed E-state index contributed by atoms with van der Waals surface area (Å²) in [5, 5.41) is 0. The number of allylic oxidation sites excluding steroid dienone is 2. The van der Waals surface area contributed by atoms with Gasteiger partial charge in [0.1, 0.15) is 6.61 Å². The molecule has 0 saturated carbocycles. The van der Waals surface area contributed by atoms with Crippen LogP contribution < -0.4 is 0 Å². The molecule has 52 heavy (non-hydrogen) atoms. The van der Waals surface area contributed by atoms with E-state index in [1.54, 1.807) is 0 Å². The van der Waals surface area contributed by atoms with Crippen molar-refractivity contribution in [3.63, 3.8) is 0 Å². The number of carbonyl (C=O) groups is 2. The van der Waals surface area contributed by atoms with Crippen LogP contribution >= 0.6 is 0 Å². The minimum Gasteiger partial charge on any atom is -0.462 e. The Kier molecular flexibility index (Phi) is 34.8. The first-order chi connectivity index (χ1) is 25.1. The molecule has 1 atom stereocenters. The molecule has 0 rings (SSSR count). The lowest BCUT2D eigenvalue weighted by atomic mass is 10.0. The first-order valence-electron chi connectivity index (χ1n) is 22.8. The van der Waals surface area contributed by atoms with Gasteiger partial charge in [-0.1, -0.05) is 196 Å². The van der Waals surface area contributed by atoms with Crippen LogP contribution in [0, 0.1) is 0 Å². The van der Waals surface area contributed by atoms with E-state index in [1.807, 2.05) is 0 Å². The maximum absolute atomic E-state index is 13.0.